The number of hydrogen-bond acceptors (Lipinski definition) is 4. The van der Waals surface area contributed by atoms with Crippen LogP contribution in [-0.4, -0.2) is 50.9 Å². The summed E-state index contributed by atoms with van der Waals surface area (Å²) in [4.78, 5) is 4.84. The van der Waals surface area contributed by atoms with Gasteiger partial charge in [-0.2, -0.15) is 13.2 Å². The van der Waals surface area contributed by atoms with Crippen molar-refractivity contribution in [3.8, 4) is 0 Å². The Hall–Kier alpha value is -2.51. The number of likely N-dealkylation sites (tertiary alicyclic amines) is 1. The first kappa shape index (κ1) is 23.6. The lowest BCUT2D eigenvalue weighted by Gasteiger charge is -2.42. The van der Waals surface area contributed by atoms with Gasteiger partial charge < -0.3 is 19.3 Å². The molecule has 0 N–H and O–H groups in total. The molecule has 3 heterocycles. The van der Waals surface area contributed by atoms with Crippen LogP contribution in [-0.2, 0) is 21.3 Å². The molecule has 0 radical (unpaired) electrons. The number of ether oxygens (including phenoxy) is 2. The molecule has 37 heavy (non-hydrogen) atoms. The van der Waals surface area contributed by atoms with Crippen molar-refractivity contribution in [3.63, 3.8) is 0 Å². The van der Waals surface area contributed by atoms with E-state index in [9.17, 15) is 13.2 Å². The van der Waals surface area contributed by atoms with Gasteiger partial charge in [0, 0.05) is 49.4 Å². The van der Waals surface area contributed by atoms with E-state index in [1.807, 2.05) is 0 Å². The summed E-state index contributed by atoms with van der Waals surface area (Å²) < 4.78 is 50.9. The van der Waals surface area contributed by atoms with E-state index in [1.165, 1.54) is 47.4 Å². The Morgan fingerprint density at radius 1 is 0.946 bits per heavy atom. The van der Waals surface area contributed by atoms with Gasteiger partial charge in [-0.15, -0.1) is 0 Å². The number of hydrogen-bond donors (Lipinski definition) is 0. The quantitative estimate of drug-likeness (QED) is 0.461. The Balaban J connectivity index is 1.06. The number of nitrogens with zero attached hydrogens (tertiary/aromatic N) is 2. The van der Waals surface area contributed by atoms with Crippen LogP contribution in [0.15, 0.2) is 54.1 Å². The van der Waals surface area contributed by atoms with Crippen molar-refractivity contribution in [2.75, 3.05) is 50.9 Å². The lowest BCUT2D eigenvalue weighted by molar-refractivity contribution is -0.218. The van der Waals surface area contributed by atoms with Gasteiger partial charge >= 0.3 is 6.18 Å². The zero-order chi connectivity index (χ0) is 25.2. The monoisotopic (exact) mass is 510 g/mol. The fourth-order valence-corrected chi connectivity index (χ4v) is 6.29. The lowest BCUT2D eigenvalue weighted by atomic mass is 9.89. The Morgan fingerprint density at radius 2 is 1.65 bits per heavy atom. The van der Waals surface area contributed by atoms with Crippen molar-refractivity contribution < 1.29 is 22.6 Å². The van der Waals surface area contributed by atoms with Gasteiger partial charge in [0.1, 0.15) is 5.60 Å². The minimum atomic E-state index is -4.29. The summed E-state index contributed by atoms with van der Waals surface area (Å²) in [5.74, 6) is 1.76. The lowest BCUT2D eigenvalue weighted by Crippen LogP contribution is -2.49. The van der Waals surface area contributed by atoms with Gasteiger partial charge in [0.15, 0.2) is 0 Å². The third kappa shape index (κ3) is 4.54. The van der Waals surface area contributed by atoms with Crippen LogP contribution in [0.3, 0.4) is 0 Å². The molecule has 7 rings (SSSR count). The first-order valence-electron chi connectivity index (χ1n) is 13.6. The second kappa shape index (κ2) is 8.77. The molecule has 5 aliphatic rings. The average molecular weight is 511 g/mol. The summed E-state index contributed by atoms with van der Waals surface area (Å²) in [6.45, 7) is 5.86. The second-order valence-electron chi connectivity index (χ2n) is 11.6. The molecule has 2 saturated carbocycles. The summed E-state index contributed by atoms with van der Waals surface area (Å²) in [7, 11) is 0. The standard InChI is InChI=1S/C30H33F3N2O2/c31-30(32,33)25-8-10-27(11-9-25)34-13-23-15-35(16-24(23)14-34)28(21-6-7-21)22-2-1-3-26(12-22)29(18-36-19-29)37-17-20-4-5-20/h1-3,8-12,20,23-24H,4-7,13-19H2. The number of rotatable bonds is 7. The highest BCUT2D eigenvalue weighted by molar-refractivity contribution is 5.71. The van der Waals surface area contributed by atoms with Gasteiger partial charge in [-0.25, -0.2) is 0 Å². The summed E-state index contributed by atoms with van der Waals surface area (Å²) >= 11 is 0. The van der Waals surface area contributed by atoms with Crippen molar-refractivity contribution in [2.45, 2.75) is 37.5 Å². The molecule has 2 atom stereocenters. The van der Waals surface area contributed by atoms with E-state index in [0.717, 1.165) is 57.2 Å². The number of anilines is 1. The van der Waals surface area contributed by atoms with Crippen molar-refractivity contribution >= 4 is 11.4 Å². The van der Waals surface area contributed by atoms with E-state index in [0.29, 0.717) is 25.0 Å². The second-order valence-corrected chi connectivity index (χ2v) is 11.6. The predicted octanol–water partition coefficient (Wildman–Crippen LogP) is 5.93. The molecule has 5 fully saturated rings. The van der Waals surface area contributed by atoms with E-state index in [-0.39, 0.29) is 5.60 Å². The molecule has 2 unspecified atom stereocenters. The van der Waals surface area contributed by atoms with E-state index < -0.39 is 11.7 Å². The van der Waals surface area contributed by atoms with E-state index >= 15 is 0 Å². The van der Waals surface area contributed by atoms with E-state index in [1.54, 1.807) is 12.1 Å². The molecule has 0 amide bonds. The van der Waals surface area contributed by atoms with Crippen LogP contribution in [0.2, 0.25) is 0 Å². The fourth-order valence-electron chi connectivity index (χ4n) is 6.29. The summed E-state index contributed by atoms with van der Waals surface area (Å²) in [5, 5.41) is 0. The molecular weight excluding hydrogens is 477 g/mol. The molecule has 2 aromatic rings. The van der Waals surface area contributed by atoms with Gasteiger partial charge in [0.2, 0.25) is 0 Å². The number of allylic oxidation sites excluding steroid dienone is 1. The molecule has 4 nitrogen and oxygen atoms in total. The molecule has 0 bridgehead atoms. The molecule has 3 aliphatic heterocycles. The Labute approximate surface area is 216 Å². The maximum absolute atomic E-state index is 13.0. The normalized spacial score (nSPS) is 26.3. The number of benzene rings is 2. The maximum atomic E-state index is 13.0. The van der Waals surface area contributed by atoms with Crippen LogP contribution < -0.4 is 4.90 Å². The van der Waals surface area contributed by atoms with Gasteiger partial charge in [-0.3, -0.25) is 0 Å². The molecular formula is C30H33F3N2O2. The van der Waals surface area contributed by atoms with Crippen LogP contribution in [0.4, 0.5) is 18.9 Å². The van der Waals surface area contributed by atoms with Crippen LogP contribution in [0.5, 0.6) is 0 Å². The zero-order valence-electron chi connectivity index (χ0n) is 21.0. The third-order valence-electron chi connectivity index (χ3n) is 8.82. The fraction of sp³-hybridized carbons (Fsp3) is 0.533. The summed E-state index contributed by atoms with van der Waals surface area (Å²) in [6.07, 6.45) is 0.589. The predicted molar refractivity (Wildman–Crippen MR) is 136 cm³/mol. The Kier molecular flexibility index (Phi) is 5.59. The topological polar surface area (TPSA) is 24.9 Å². The van der Waals surface area contributed by atoms with Gasteiger partial charge in [0.05, 0.1) is 25.4 Å². The largest absolute Gasteiger partial charge is 0.416 e. The van der Waals surface area contributed by atoms with Crippen molar-refractivity contribution in [1.29, 1.82) is 0 Å². The molecule has 2 aromatic carbocycles. The van der Waals surface area contributed by atoms with Gasteiger partial charge in [0.25, 0.3) is 0 Å². The van der Waals surface area contributed by atoms with Crippen LogP contribution in [0, 0.1) is 17.8 Å². The smallest absolute Gasteiger partial charge is 0.375 e. The number of alkyl halides is 3. The van der Waals surface area contributed by atoms with Crippen LogP contribution in [0.1, 0.15) is 42.4 Å². The first-order valence-corrected chi connectivity index (χ1v) is 13.6. The highest BCUT2D eigenvalue weighted by atomic mass is 19.4. The first-order chi connectivity index (χ1) is 17.9. The summed E-state index contributed by atoms with van der Waals surface area (Å²) in [5.41, 5.74) is 5.44. The highest BCUT2D eigenvalue weighted by Gasteiger charge is 2.45. The average Bonchev–Trinajstić information content (AvgIpc) is 3.77. The number of fused-ring (bicyclic) bond motifs is 1. The van der Waals surface area contributed by atoms with Crippen molar-refractivity contribution in [2.24, 2.45) is 17.8 Å². The van der Waals surface area contributed by atoms with Gasteiger partial charge in [-0.1, -0.05) is 18.2 Å². The maximum Gasteiger partial charge on any atom is 0.416 e. The Morgan fingerprint density at radius 3 is 2.22 bits per heavy atom. The number of halogens is 3. The minimum absolute atomic E-state index is 0.304. The molecule has 3 saturated heterocycles. The zero-order valence-corrected chi connectivity index (χ0v) is 21.0. The highest BCUT2D eigenvalue weighted by Crippen LogP contribution is 2.45. The van der Waals surface area contributed by atoms with E-state index in [4.69, 9.17) is 9.47 Å². The van der Waals surface area contributed by atoms with Gasteiger partial charge in [-0.05, 0) is 78.6 Å². The molecule has 0 spiro atoms. The van der Waals surface area contributed by atoms with Crippen molar-refractivity contribution in [3.05, 3.63) is 70.8 Å². The molecule has 196 valence electrons. The van der Waals surface area contributed by atoms with Crippen molar-refractivity contribution in [1.82, 2.24) is 4.90 Å². The summed E-state index contributed by atoms with van der Waals surface area (Å²) in [6, 6.07) is 14.6. The minimum Gasteiger partial charge on any atom is -0.375 e. The van der Waals surface area contributed by atoms with Crippen LogP contribution >= 0.6 is 0 Å². The molecule has 2 aliphatic carbocycles. The van der Waals surface area contributed by atoms with Crippen LogP contribution in [0.25, 0.3) is 5.70 Å². The third-order valence-corrected chi connectivity index (χ3v) is 8.82. The Bertz CT molecular complexity index is 1180. The SMILES string of the molecule is FC(F)(F)c1ccc(N2CC3CN(C(=C4CC4)c4cccc(C5(OCC6CC6)COC5)c4)CC3C2)cc1. The molecule has 7 heteroatoms. The molecule has 0 aromatic heterocycles. The van der Waals surface area contributed by atoms with E-state index in [2.05, 4.69) is 34.1 Å².